The number of benzene rings is 1. The van der Waals surface area contributed by atoms with Crippen LogP contribution in [-0.2, 0) is 19.1 Å². The van der Waals surface area contributed by atoms with Crippen LogP contribution in [0.4, 0.5) is 4.79 Å². The van der Waals surface area contributed by atoms with Crippen molar-refractivity contribution in [1.82, 2.24) is 9.96 Å². The lowest BCUT2D eigenvalue weighted by Crippen LogP contribution is -2.49. The van der Waals surface area contributed by atoms with E-state index in [0.717, 1.165) is 0 Å². The summed E-state index contributed by atoms with van der Waals surface area (Å²) < 4.78 is 10.7. The second-order valence-electron chi connectivity index (χ2n) is 7.68. The van der Waals surface area contributed by atoms with E-state index in [1.165, 1.54) is 24.1 Å². The summed E-state index contributed by atoms with van der Waals surface area (Å²) in [6, 6.07) is 6.19. The molecule has 9 nitrogen and oxygen atoms in total. The highest BCUT2D eigenvalue weighted by Gasteiger charge is 2.51. The summed E-state index contributed by atoms with van der Waals surface area (Å²) >= 11 is 0. The number of hydrogen-bond donors (Lipinski definition) is 0. The fourth-order valence-corrected chi connectivity index (χ4v) is 3.10. The first kappa shape index (κ1) is 19.8. The lowest BCUT2D eigenvalue weighted by molar-refractivity contribution is -0.191. The largest absolute Gasteiger partial charge is 0.444 e. The summed E-state index contributed by atoms with van der Waals surface area (Å²) in [5, 5.41) is 0.434. The van der Waals surface area contributed by atoms with Gasteiger partial charge in [-0.1, -0.05) is 17.2 Å². The molecule has 1 aromatic carbocycles. The van der Waals surface area contributed by atoms with Gasteiger partial charge in [0.1, 0.15) is 5.60 Å². The number of hydrogen-bond acceptors (Lipinski definition) is 7. The Hall–Kier alpha value is -2.94. The molecule has 1 atom stereocenters. The second-order valence-corrected chi connectivity index (χ2v) is 7.68. The van der Waals surface area contributed by atoms with Crippen LogP contribution < -0.4 is 0 Å². The van der Waals surface area contributed by atoms with Crippen LogP contribution in [-0.4, -0.2) is 65.2 Å². The van der Waals surface area contributed by atoms with Crippen LogP contribution in [0.1, 0.15) is 47.9 Å². The Morgan fingerprint density at radius 3 is 2.14 bits per heavy atom. The van der Waals surface area contributed by atoms with Crippen LogP contribution in [0.25, 0.3) is 0 Å². The van der Waals surface area contributed by atoms with E-state index < -0.39 is 35.1 Å². The molecule has 1 fully saturated rings. The van der Waals surface area contributed by atoms with E-state index in [9.17, 15) is 19.2 Å². The van der Waals surface area contributed by atoms with Gasteiger partial charge in [-0.15, -0.1) is 0 Å². The summed E-state index contributed by atoms with van der Waals surface area (Å²) in [5.41, 5.74) is -1.86. The van der Waals surface area contributed by atoms with Gasteiger partial charge in [0.25, 0.3) is 11.8 Å². The maximum Gasteiger partial charge on any atom is 0.410 e. The van der Waals surface area contributed by atoms with E-state index in [0.29, 0.717) is 5.06 Å². The highest BCUT2D eigenvalue weighted by atomic mass is 16.7. The predicted molar refractivity (Wildman–Crippen MR) is 95.2 cm³/mol. The van der Waals surface area contributed by atoms with E-state index >= 15 is 0 Å². The van der Waals surface area contributed by atoms with Crippen molar-refractivity contribution >= 4 is 23.9 Å². The van der Waals surface area contributed by atoms with E-state index in [1.807, 2.05) is 0 Å². The fourth-order valence-electron chi connectivity index (χ4n) is 3.10. The smallest absolute Gasteiger partial charge is 0.410 e. The van der Waals surface area contributed by atoms with Crippen molar-refractivity contribution in [3.05, 3.63) is 35.4 Å². The SMILES string of the molecule is COC1(C(=O)ON2C(=O)c3ccccc3C2=O)CCN(C(=O)OC(C)(C)C)C1. The Bertz CT molecular complexity index is 810. The first-order chi connectivity index (χ1) is 13.1. The maximum absolute atomic E-state index is 12.8. The number of methoxy groups -OCH3 is 1. The number of carbonyl (C=O) groups excluding carboxylic acids is 4. The van der Waals surface area contributed by atoms with Crippen molar-refractivity contribution in [3.8, 4) is 0 Å². The number of rotatable bonds is 3. The lowest BCUT2D eigenvalue weighted by Gasteiger charge is -2.28. The van der Waals surface area contributed by atoms with Gasteiger partial charge in [-0.05, 0) is 32.9 Å². The quantitative estimate of drug-likeness (QED) is 0.725. The van der Waals surface area contributed by atoms with Gasteiger partial charge in [-0.25, -0.2) is 9.59 Å². The standard InChI is InChI=1S/C19H22N2O7/c1-18(2,3)27-17(25)20-10-9-19(11-20,26-4)16(24)28-21-14(22)12-7-5-6-8-13(12)15(21)23/h5-8H,9-11H2,1-4H3. The molecule has 0 bridgehead atoms. The molecule has 2 aliphatic heterocycles. The van der Waals surface area contributed by atoms with Gasteiger partial charge in [-0.2, -0.15) is 0 Å². The molecular weight excluding hydrogens is 368 g/mol. The van der Waals surface area contributed by atoms with Gasteiger partial charge in [0, 0.05) is 20.1 Å². The molecule has 1 saturated heterocycles. The Balaban J connectivity index is 1.72. The number of imide groups is 1. The normalized spacial score (nSPS) is 21.7. The van der Waals surface area contributed by atoms with Crippen molar-refractivity contribution in [2.75, 3.05) is 20.2 Å². The van der Waals surface area contributed by atoms with Gasteiger partial charge >= 0.3 is 12.1 Å². The van der Waals surface area contributed by atoms with Crippen molar-refractivity contribution in [2.45, 2.75) is 38.4 Å². The summed E-state index contributed by atoms with van der Waals surface area (Å²) in [6.07, 6.45) is -0.440. The van der Waals surface area contributed by atoms with Crippen LogP contribution in [0.2, 0.25) is 0 Å². The van der Waals surface area contributed by atoms with Crippen LogP contribution >= 0.6 is 0 Å². The van der Waals surface area contributed by atoms with Gasteiger partial charge in [0.15, 0.2) is 5.60 Å². The number of nitrogens with zero attached hydrogens (tertiary/aromatic N) is 2. The average molecular weight is 390 g/mol. The topological polar surface area (TPSA) is 102 Å². The number of likely N-dealkylation sites (tertiary alicyclic amines) is 1. The molecular formula is C19H22N2O7. The molecule has 150 valence electrons. The molecule has 9 heteroatoms. The molecule has 0 radical (unpaired) electrons. The molecule has 2 heterocycles. The highest BCUT2D eigenvalue weighted by molar-refractivity contribution is 6.21. The highest BCUT2D eigenvalue weighted by Crippen LogP contribution is 2.30. The minimum absolute atomic E-state index is 0.111. The molecule has 1 unspecified atom stereocenters. The van der Waals surface area contributed by atoms with E-state index in [-0.39, 0.29) is 30.6 Å². The third-order valence-electron chi connectivity index (χ3n) is 4.58. The zero-order valence-electron chi connectivity index (χ0n) is 16.2. The van der Waals surface area contributed by atoms with Crippen LogP contribution in [0.15, 0.2) is 24.3 Å². The van der Waals surface area contributed by atoms with Crippen molar-refractivity contribution in [2.24, 2.45) is 0 Å². The van der Waals surface area contributed by atoms with E-state index in [1.54, 1.807) is 32.9 Å². The van der Waals surface area contributed by atoms with E-state index in [4.69, 9.17) is 14.3 Å². The Labute approximate surface area is 162 Å². The predicted octanol–water partition coefficient (Wildman–Crippen LogP) is 1.77. The van der Waals surface area contributed by atoms with Gasteiger partial charge in [0.05, 0.1) is 17.7 Å². The number of ether oxygens (including phenoxy) is 2. The fraction of sp³-hybridized carbons (Fsp3) is 0.474. The first-order valence-electron chi connectivity index (χ1n) is 8.81. The van der Waals surface area contributed by atoms with Crippen molar-refractivity contribution in [1.29, 1.82) is 0 Å². The minimum atomic E-state index is -1.49. The molecule has 1 aromatic rings. The first-order valence-corrected chi connectivity index (χ1v) is 8.81. The molecule has 0 saturated carbocycles. The van der Waals surface area contributed by atoms with Crippen LogP contribution in [0.3, 0.4) is 0 Å². The van der Waals surface area contributed by atoms with Crippen LogP contribution in [0.5, 0.6) is 0 Å². The number of fused-ring (bicyclic) bond motifs is 1. The number of hydroxylamine groups is 2. The molecule has 0 aromatic heterocycles. The van der Waals surface area contributed by atoms with Gasteiger partial charge in [-0.3, -0.25) is 9.59 Å². The average Bonchev–Trinajstić information content (AvgIpc) is 3.18. The van der Waals surface area contributed by atoms with Gasteiger partial charge < -0.3 is 19.2 Å². The molecule has 0 aliphatic carbocycles. The molecule has 0 spiro atoms. The third kappa shape index (κ3) is 3.45. The number of amides is 3. The Kier molecular flexibility index (Phi) is 4.88. The zero-order valence-corrected chi connectivity index (χ0v) is 16.2. The van der Waals surface area contributed by atoms with Crippen LogP contribution in [0, 0.1) is 0 Å². The van der Waals surface area contributed by atoms with Crippen molar-refractivity contribution < 1.29 is 33.5 Å². The summed E-state index contributed by atoms with van der Waals surface area (Å²) in [5.74, 6) is -2.36. The minimum Gasteiger partial charge on any atom is -0.444 e. The molecule has 3 amide bonds. The van der Waals surface area contributed by atoms with Gasteiger partial charge in [0.2, 0.25) is 0 Å². The summed E-state index contributed by atoms with van der Waals surface area (Å²) in [7, 11) is 1.31. The lowest BCUT2D eigenvalue weighted by atomic mass is 10.0. The summed E-state index contributed by atoms with van der Waals surface area (Å²) in [6.45, 7) is 5.31. The molecule has 3 rings (SSSR count). The Morgan fingerprint density at radius 1 is 1.07 bits per heavy atom. The third-order valence-corrected chi connectivity index (χ3v) is 4.58. The monoisotopic (exact) mass is 390 g/mol. The summed E-state index contributed by atoms with van der Waals surface area (Å²) in [4.78, 5) is 56.3. The molecule has 2 aliphatic rings. The Morgan fingerprint density at radius 2 is 1.64 bits per heavy atom. The van der Waals surface area contributed by atoms with Crippen molar-refractivity contribution in [3.63, 3.8) is 0 Å². The molecule has 28 heavy (non-hydrogen) atoms. The second kappa shape index (κ2) is 6.90. The zero-order chi connectivity index (χ0) is 20.7. The maximum atomic E-state index is 12.8. The molecule has 0 N–H and O–H groups in total. The number of carbonyl (C=O) groups is 4. The van der Waals surface area contributed by atoms with E-state index in [2.05, 4.69) is 0 Å².